The number of nitrogens with zero attached hydrogens (tertiary/aromatic N) is 1. The van der Waals surface area contributed by atoms with E-state index in [0.717, 1.165) is 54.7 Å². The first-order chi connectivity index (χ1) is 10.8. The van der Waals surface area contributed by atoms with Gasteiger partial charge < -0.3 is 19.7 Å². The minimum absolute atomic E-state index is 0. The van der Waals surface area contributed by atoms with Crippen LogP contribution in [-0.2, 0) is 4.79 Å². The molecule has 0 aromatic heterocycles. The van der Waals surface area contributed by atoms with Gasteiger partial charge in [-0.2, -0.15) is 0 Å². The molecule has 0 radical (unpaired) electrons. The van der Waals surface area contributed by atoms with Gasteiger partial charge in [0.1, 0.15) is 0 Å². The van der Waals surface area contributed by atoms with Crippen LogP contribution in [0.1, 0.15) is 12.8 Å². The summed E-state index contributed by atoms with van der Waals surface area (Å²) in [5.41, 5.74) is 0. The molecule has 1 fully saturated rings. The maximum Gasteiger partial charge on any atom is 0.223 e. The van der Waals surface area contributed by atoms with Crippen molar-refractivity contribution >= 4 is 30.1 Å². The summed E-state index contributed by atoms with van der Waals surface area (Å²) >= 11 is 1.69. The lowest BCUT2D eigenvalue weighted by atomic mass is 10.3. The van der Waals surface area contributed by atoms with Crippen molar-refractivity contribution in [3.63, 3.8) is 0 Å². The largest absolute Gasteiger partial charge is 0.490 e. The molecule has 0 atom stereocenters. The molecule has 128 valence electrons. The Balaban J connectivity index is 0.00000192. The lowest BCUT2D eigenvalue weighted by molar-refractivity contribution is -0.131. The number of halogens is 1. The van der Waals surface area contributed by atoms with Gasteiger partial charge in [-0.3, -0.25) is 4.79 Å². The van der Waals surface area contributed by atoms with Crippen molar-refractivity contribution in [1.82, 2.24) is 10.2 Å². The summed E-state index contributed by atoms with van der Waals surface area (Å²) in [5, 5.41) is 3.26. The summed E-state index contributed by atoms with van der Waals surface area (Å²) in [7, 11) is 0. The fourth-order valence-corrected chi connectivity index (χ4v) is 3.43. The average Bonchev–Trinajstić information content (AvgIpc) is 2.80. The van der Waals surface area contributed by atoms with Gasteiger partial charge in [0.05, 0.1) is 13.2 Å². The molecule has 7 heteroatoms. The average molecular weight is 359 g/mol. The van der Waals surface area contributed by atoms with Gasteiger partial charge in [0.2, 0.25) is 5.91 Å². The zero-order valence-electron chi connectivity index (χ0n) is 13.1. The number of fused-ring (bicyclic) bond motifs is 1. The lowest BCUT2D eigenvalue weighted by Gasteiger charge is -2.27. The second-order valence-electron chi connectivity index (χ2n) is 5.39. The van der Waals surface area contributed by atoms with Crippen molar-refractivity contribution in [2.45, 2.75) is 17.7 Å². The molecular formula is C16H23ClN2O3S. The molecule has 2 aliphatic heterocycles. The summed E-state index contributed by atoms with van der Waals surface area (Å²) in [4.78, 5) is 15.2. The lowest BCUT2D eigenvalue weighted by Crippen LogP contribution is -2.46. The van der Waals surface area contributed by atoms with Crippen molar-refractivity contribution < 1.29 is 14.3 Å². The first-order valence-electron chi connectivity index (χ1n) is 7.84. The Kier molecular flexibility index (Phi) is 7.33. The Hall–Kier alpha value is -1.11. The maximum absolute atomic E-state index is 12.1. The number of benzene rings is 1. The molecule has 2 aliphatic rings. The molecule has 0 spiro atoms. The standard InChI is InChI=1S/C16H22N2O3S.ClH/c19-16(18-7-5-17-6-8-18)4-11-22-13-2-3-14-15(12-13)21-10-1-9-20-14;/h2-3,12,17H,1,4-11H2;1H. The van der Waals surface area contributed by atoms with E-state index in [1.165, 1.54) is 0 Å². The van der Waals surface area contributed by atoms with E-state index in [1.54, 1.807) is 11.8 Å². The number of thioether (sulfide) groups is 1. The van der Waals surface area contributed by atoms with Crippen LogP contribution in [0.5, 0.6) is 11.5 Å². The van der Waals surface area contributed by atoms with E-state index >= 15 is 0 Å². The van der Waals surface area contributed by atoms with Crippen LogP contribution in [0, 0.1) is 0 Å². The third kappa shape index (κ3) is 5.19. The van der Waals surface area contributed by atoms with Gasteiger partial charge >= 0.3 is 0 Å². The molecule has 3 rings (SSSR count). The highest BCUT2D eigenvalue weighted by molar-refractivity contribution is 7.99. The molecule has 0 aliphatic carbocycles. The third-order valence-electron chi connectivity index (χ3n) is 3.77. The van der Waals surface area contributed by atoms with Crippen LogP contribution in [0.2, 0.25) is 0 Å². The van der Waals surface area contributed by atoms with Gasteiger partial charge in [0.15, 0.2) is 11.5 Å². The summed E-state index contributed by atoms with van der Waals surface area (Å²) < 4.78 is 11.3. The van der Waals surface area contributed by atoms with Crippen LogP contribution in [0.4, 0.5) is 0 Å². The number of nitrogens with one attached hydrogen (secondary N) is 1. The monoisotopic (exact) mass is 358 g/mol. The number of carbonyl (C=O) groups excluding carboxylic acids is 1. The number of hydrogen-bond donors (Lipinski definition) is 1. The van der Waals surface area contributed by atoms with Crippen molar-refractivity contribution in [2.24, 2.45) is 0 Å². The van der Waals surface area contributed by atoms with Gasteiger partial charge in [0.25, 0.3) is 0 Å². The number of ether oxygens (including phenoxy) is 2. The van der Waals surface area contributed by atoms with E-state index in [2.05, 4.69) is 5.32 Å². The smallest absolute Gasteiger partial charge is 0.223 e. The van der Waals surface area contributed by atoms with Crippen molar-refractivity contribution in [3.05, 3.63) is 18.2 Å². The summed E-state index contributed by atoms with van der Waals surface area (Å²) in [5.74, 6) is 2.68. The fourth-order valence-electron chi connectivity index (χ4n) is 2.56. The van der Waals surface area contributed by atoms with Crippen LogP contribution in [0.3, 0.4) is 0 Å². The van der Waals surface area contributed by atoms with E-state index in [9.17, 15) is 4.79 Å². The fraction of sp³-hybridized carbons (Fsp3) is 0.562. The Labute approximate surface area is 147 Å². The quantitative estimate of drug-likeness (QED) is 0.836. The Morgan fingerprint density at radius 3 is 2.70 bits per heavy atom. The molecule has 1 aromatic carbocycles. The molecule has 0 bridgehead atoms. The van der Waals surface area contributed by atoms with E-state index < -0.39 is 0 Å². The Morgan fingerprint density at radius 2 is 1.91 bits per heavy atom. The number of hydrogen-bond acceptors (Lipinski definition) is 5. The SMILES string of the molecule is Cl.O=C(CCSc1ccc2c(c1)OCCCO2)N1CCNCC1. The van der Waals surface area contributed by atoms with Gasteiger partial charge in [-0.25, -0.2) is 0 Å². The molecule has 1 aromatic rings. The molecular weight excluding hydrogens is 336 g/mol. The first kappa shape index (κ1) is 18.2. The highest BCUT2D eigenvalue weighted by Gasteiger charge is 2.16. The zero-order chi connectivity index (χ0) is 15.2. The molecule has 0 saturated carbocycles. The third-order valence-corrected chi connectivity index (χ3v) is 4.77. The van der Waals surface area contributed by atoms with E-state index in [4.69, 9.17) is 9.47 Å². The van der Waals surface area contributed by atoms with Crippen LogP contribution in [0.25, 0.3) is 0 Å². The van der Waals surface area contributed by atoms with Gasteiger partial charge in [0, 0.05) is 49.7 Å². The number of carbonyl (C=O) groups is 1. The van der Waals surface area contributed by atoms with E-state index in [0.29, 0.717) is 19.6 Å². The Bertz CT molecular complexity index is 524. The predicted octanol–water partition coefficient (Wildman–Crippen LogP) is 2.18. The second kappa shape index (κ2) is 9.25. The molecule has 1 saturated heterocycles. The molecule has 2 heterocycles. The summed E-state index contributed by atoms with van der Waals surface area (Å²) in [6.45, 7) is 4.87. The minimum Gasteiger partial charge on any atom is -0.490 e. The van der Waals surface area contributed by atoms with Gasteiger partial charge in [-0.15, -0.1) is 24.2 Å². The van der Waals surface area contributed by atoms with Crippen molar-refractivity contribution in [2.75, 3.05) is 45.1 Å². The maximum atomic E-state index is 12.1. The first-order valence-corrected chi connectivity index (χ1v) is 8.82. The molecule has 1 amide bonds. The predicted molar refractivity (Wildman–Crippen MR) is 94.1 cm³/mol. The van der Waals surface area contributed by atoms with Gasteiger partial charge in [-0.05, 0) is 18.2 Å². The van der Waals surface area contributed by atoms with Crippen LogP contribution >= 0.6 is 24.2 Å². The molecule has 23 heavy (non-hydrogen) atoms. The molecule has 5 nitrogen and oxygen atoms in total. The summed E-state index contributed by atoms with van der Waals surface area (Å²) in [6, 6.07) is 6.01. The highest BCUT2D eigenvalue weighted by Crippen LogP contribution is 2.34. The van der Waals surface area contributed by atoms with Crippen LogP contribution < -0.4 is 14.8 Å². The summed E-state index contributed by atoms with van der Waals surface area (Å²) in [6.07, 6.45) is 1.50. The van der Waals surface area contributed by atoms with E-state index in [1.807, 2.05) is 23.1 Å². The molecule has 1 N–H and O–H groups in total. The molecule has 0 unspecified atom stereocenters. The number of rotatable bonds is 4. The van der Waals surface area contributed by atoms with Crippen LogP contribution in [-0.4, -0.2) is 56.0 Å². The van der Waals surface area contributed by atoms with Crippen LogP contribution in [0.15, 0.2) is 23.1 Å². The van der Waals surface area contributed by atoms with Crippen molar-refractivity contribution in [3.8, 4) is 11.5 Å². The minimum atomic E-state index is 0. The normalized spacial score (nSPS) is 17.1. The number of amides is 1. The van der Waals surface area contributed by atoms with E-state index in [-0.39, 0.29) is 18.3 Å². The zero-order valence-corrected chi connectivity index (χ0v) is 14.7. The van der Waals surface area contributed by atoms with Crippen molar-refractivity contribution in [1.29, 1.82) is 0 Å². The Morgan fingerprint density at radius 1 is 1.17 bits per heavy atom. The second-order valence-corrected chi connectivity index (χ2v) is 6.56. The number of piperazine rings is 1. The topological polar surface area (TPSA) is 50.8 Å². The highest BCUT2D eigenvalue weighted by atomic mass is 35.5. The van der Waals surface area contributed by atoms with Gasteiger partial charge in [-0.1, -0.05) is 0 Å².